The second-order valence-corrected chi connectivity index (χ2v) is 4.62. The average Bonchev–Trinajstić information content (AvgIpc) is 2.41. The van der Waals surface area contributed by atoms with Crippen LogP contribution in [0.1, 0.15) is 6.92 Å². The number of para-hydroxylation sites is 1. The topological polar surface area (TPSA) is 38.3 Å². The van der Waals surface area contributed by atoms with E-state index < -0.39 is 17.8 Å². The van der Waals surface area contributed by atoms with Crippen LogP contribution in [0.5, 0.6) is 5.75 Å². The summed E-state index contributed by atoms with van der Waals surface area (Å²) in [6.07, 6.45) is -0.770. The van der Waals surface area contributed by atoms with E-state index in [1.165, 1.54) is 12.1 Å². The number of nitrogens with one attached hydrogen (secondary N) is 1. The second kappa shape index (κ2) is 6.39. The first-order valence-electron chi connectivity index (χ1n) is 6.04. The molecule has 2 aromatic carbocycles. The van der Waals surface area contributed by atoms with Gasteiger partial charge in [0.1, 0.15) is 11.6 Å². The number of benzene rings is 2. The summed E-state index contributed by atoms with van der Waals surface area (Å²) in [5, 5.41) is 2.99. The fourth-order valence-corrected chi connectivity index (χ4v) is 1.78. The van der Waals surface area contributed by atoms with Crippen LogP contribution in [0.2, 0.25) is 5.02 Å². The molecule has 0 aliphatic heterocycles. The summed E-state index contributed by atoms with van der Waals surface area (Å²) in [6.45, 7) is 1.58. The lowest BCUT2D eigenvalue weighted by Gasteiger charge is -2.15. The molecule has 0 fully saturated rings. The predicted molar refractivity (Wildman–Crippen MR) is 76.6 cm³/mol. The van der Waals surface area contributed by atoms with Crippen LogP contribution < -0.4 is 10.1 Å². The SMILES string of the molecule is C[C@@H](Oc1cccc(Cl)c1)C(=O)Nc1ccccc1F. The van der Waals surface area contributed by atoms with Gasteiger partial charge in [-0.2, -0.15) is 0 Å². The zero-order chi connectivity index (χ0) is 14.5. The minimum atomic E-state index is -0.770. The Bertz CT molecular complexity index is 618. The monoisotopic (exact) mass is 293 g/mol. The van der Waals surface area contributed by atoms with Crippen molar-refractivity contribution < 1.29 is 13.9 Å². The van der Waals surface area contributed by atoms with E-state index in [0.717, 1.165) is 0 Å². The van der Waals surface area contributed by atoms with Gasteiger partial charge in [-0.3, -0.25) is 4.79 Å². The van der Waals surface area contributed by atoms with E-state index in [4.69, 9.17) is 16.3 Å². The van der Waals surface area contributed by atoms with Crippen LogP contribution in [0.3, 0.4) is 0 Å². The summed E-state index contributed by atoms with van der Waals surface area (Å²) in [6, 6.07) is 12.7. The summed E-state index contributed by atoms with van der Waals surface area (Å²) >= 11 is 5.83. The van der Waals surface area contributed by atoms with Gasteiger partial charge in [0.05, 0.1) is 5.69 Å². The highest BCUT2D eigenvalue weighted by molar-refractivity contribution is 6.30. The van der Waals surface area contributed by atoms with Gasteiger partial charge in [0.2, 0.25) is 0 Å². The van der Waals surface area contributed by atoms with Crippen LogP contribution in [0.25, 0.3) is 0 Å². The third-order valence-corrected chi connectivity index (χ3v) is 2.84. The zero-order valence-electron chi connectivity index (χ0n) is 10.8. The van der Waals surface area contributed by atoms with Crippen LogP contribution in [0.4, 0.5) is 10.1 Å². The van der Waals surface area contributed by atoms with E-state index in [-0.39, 0.29) is 5.69 Å². The number of carbonyl (C=O) groups is 1. The maximum atomic E-state index is 13.4. The van der Waals surface area contributed by atoms with Gasteiger partial charge in [0.25, 0.3) is 5.91 Å². The molecule has 0 saturated heterocycles. The van der Waals surface area contributed by atoms with Gasteiger partial charge in [-0.1, -0.05) is 29.8 Å². The minimum absolute atomic E-state index is 0.124. The molecule has 0 aromatic heterocycles. The molecular weight excluding hydrogens is 281 g/mol. The molecule has 0 aliphatic carbocycles. The van der Waals surface area contributed by atoms with E-state index in [9.17, 15) is 9.18 Å². The number of rotatable bonds is 4. The van der Waals surface area contributed by atoms with Gasteiger partial charge in [-0.25, -0.2) is 4.39 Å². The number of amides is 1. The number of carbonyl (C=O) groups excluding carboxylic acids is 1. The lowest BCUT2D eigenvalue weighted by Crippen LogP contribution is -2.30. The minimum Gasteiger partial charge on any atom is -0.481 e. The molecule has 1 N–H and O–H groups in total. The van der Waals surface area contributed by atoms with Gasteiger partial charge >= 0.3 is 0 Å². The van der Waals surface area contributed by atoms with Crippen molar-refractivity contribution in [2.45, 2.75) is 13.0 Å². The van der Waals surface area contributed by atoms with E-state index >= 15 is 0 Å². The molecule has 2 aromatic rings. The molecule has 2 rings (SSSR count). The molecule has 0 unspecified atom stereocenters. The molecule has 0 heterocycles. The van der Waals surface area contributed by atoms with Gasteiger partial charge in [0.15, 0.2) is 6.10 Å². The zero-order valence-corrected chi connectivity index (χ0v) is 11.5. The van der Waals surface area contributed by atoms with Crippen molar-refractivity contribution in [2.24, 2.45) is 0 Å². The Kier molecular flexibility index (Phi) is 4.58. The third kappa shape index (κ3) is 3.71. The van der Waals surface area contributed by atoms with Crippen LogP contribution in [-0.2, 0) is 4.79 Å². The molecule has 104 valence electrons. The molecule has 0 bridgehead atoms. The maximum Gasteiger partial charge on any atom is 0.265 e. The Morgan fingerprint density at radius 2 is 2.00 bits per heavy atom. The van der Waals surface area contributed by atoms with Gasteiger partial charge in [-0.15, -0.1) is 0 Å². The Morgan fingerprint density at radius 3 is 2.70 bits per heavy atom. The lowest BCUT2D eigenvalue weighted by atomic mass is 10.3. The molecule has 0 aliphatic rings. The standard InChI is InChI=1S/C15H13ClFNO2/c1-10(20-12-6-4-5-11(16)9-12)15(19)18-14-8-3-2-7-13(14)17/h2-10H,1H3,(H,18,19)/t10-/m1/s1. The summed E-state index contributed by atoms with van der Waals surface area (Å²) in [5.74, 6) is -0.445. The van der Waals surface area contributed by atoms with Crippen LogP contribution >= 0.6 is 11.6 Å². The number of halogens is 2. The molecule has 1 atom stereocenters. The maximum absolute atomic E-state index is 13.4. The van der Waals surface area contributed by atoms with Crippen molar-refractivity contribution in [2.75, 3.05) is 5.32 Å². The molecule has 3 nitrogen and oxygen atoms in total. The second-order valence-electron chi connectivity index (χ2n) is 4.19. The third-order valence-electron chi connectivity index (χ3n) is 2.61. The van der Waals surface area contributed by atoms with Gasteiger partial charge in [0, 0.05) is 5.02 Å². The van der Waals surface area contributed by atoms with E-state index in [1.54, 1.807) is 43.3 Å². The Labute approximate surface area is 121 Å². The molecule has 0 spiro atoms. The smallest absolute Gasteiger partial charge is 0.265 e. The number of anilines is 1. The average molecular weight is 294 g/mol. The van der Waals surface area contributed by atoms with Crippen molar-refractivity contribution in [3.63, 3.8) is 0 Å². The predicted octanol–water partition coefficient (Wildman–Crippen LogP) is 3.89. The fourth-order valence-electron chi connectivity index (χ4n) is 1.59. The van der Waals surface area contributed by atoms with Crippen LogP contribution in [0, 0.1) is 5.82 Å². The number of ether oxygens (including phenoxy) is 1. The summed E-state index contributed by atoms with van der Waals surface area (Å²) in [4.78, 5) is 11.9. The molecule has 5 heteroatoms. The summed E-state index contributed by atoms with van der Waals surface area (Å²) in [5.41, 5.74) is 0.124. The van der Waals surface area contributed by atoms with Crippen LogP contribution in [0.15, 0.2) is 48.5 Å². The quantitative estimate of drug-likeness (QED) is 0.929. The fraction of sp³-hybridized carbons (Fsp3) is 0.133. The summed E-state index contributed by atoms with van der Waals surface area (Å²) in [7, 11) is 0. The van der Waals surface area contributed by atoms with E-state index in [2.05, 4.69) is 5.32 Å². The molecule has 0 radical (unpaired) electrons. The van der Waals surface area contributed by atoms with Crippen molar-refractivity contribution in [1.29, 1.82) is 0 Å². The van der Waals surface area contributed by atoms with Gasteiger partial charge in [-0.05, 0) is 37.3 Å². The summed E-state index contributed by atoms with van der Waals surface area (Å²) < 4.78 is 18.9. The van der Waals surface area contributed by atoms with Crippen molar-refractivity contribution >= 4 is 23.2 Å². The van der Waals surface area contributed by atoms with Crippen LogP contribution in [-0.4, -0.2) is 12.0 Å². The highest BCUT2D eigenvalue weighted by Crippen LogP contribution is 2.19. The van der Waals surface area contributed by atoms with Gasteiger partial charge < -0.3 is 10.1 Å². The highest BCUT2D eigenvalue weighted by atomic mass is 35.5. The van der Waals surface area contributed by atoms with E-state index in [1.807, 2.05) is 0 Å². The molecular formula is C15H13ClFNO2. The van der Waals surface area contributed by atoms with Crippen molar-refractivity contribution in [1.82, 2.24) is 0 Å². The Hall–Kier alpha value is -2.07. The number of hydrogen-bond donors (Lipinski definition) is 1. The highest BCUT2D eigenvalue weighted by Gasteiger charge is 2.16. The molecule has 1 amide bonds. The first kappa shape index (κ1) is 14.3. The number of hydrogen-bond acceptors (Lipinski definition) is 2. The van der Waals surface area contributed by atoms with E-state index in [0.29, 0.717) is 10.8 Å². The van der Waals surface area contributed by atoms with Crippen molar-refractivity contribution in [3.05, 3.63) is 59.4 Å². The van der Waals surface area contributed by atoms with Crippen molar-refractivity contribution in [3.8, 4) is 5.75 Å². The normalized spacial score (nSPS) is 11.8. The molecule has 0 saturated carbocycles. The first-order chi connectivity index (χ1) is 9.56. The largest absolute Gasteiger partial charge is 0.481 e. The Morgan fingerprint density at radius 1 is 1.25 bits per heavy atom. The Balaban J connectivity index is 2.01. The molecule has 20 heavy (non-hydrogen) atoms. The lowest BCUT2D eigenvalue weighted by molar-refractivity contribution is -0.122. The first-order valence-corrected chi connectivity index (χ1v) is 6.41.